The number of amidine groups is 1. The van der Waals surface area contributed by atoms with E-state index in [-0.39, 0.29) is 18.2 Å². The Morgan fingerprint density at radius 3 is 2.74 bits per heavy atom. The predicted molar refractivity (Wildman–Crippen MR) is 117 cm³/mol. The van der Waals surface area contributed by atoms with Gasteiger partial charge in [0, 0.05) is 24.1 Å². The minimum Gasteiger partial charge on any atom is -0.479 e. The highest BCUT2D eigenvalue weighted by Crippen LogP contribution is 2.21. The molecule has 0 aliphatic heterocycles. The molecule has 0 saturated carbocycles. The van der Waals surface area contributed by atoms with Crippen LogP contribution in [0.5, 0.6) is 5.88 Å². The van der Waals surface area contributed by atoms with E-state index in [4.69, 9.17) is 15.3 Å². The first-order valence-corrected chi connectivity index (χ1v) is 9.57. The second kappa shape index (κ2) is 8.31. The van der Waals surface area contributed by atoms with Gasteiger partial charge in [-0.25, -0.2) is 9.97 Å². The fraction of sp³-hybridized carbons (Fsp3) is 0.182. The summed E-state index contributed by atoms with van der Waals surface area (Å²) in [7, 11) is 3.36. The van der Waals surface area contributed by atoms with Crippen LogP contribution in [-0.2, 0) is 11.9 Å². The Bertz CT molecular complexity index is 1290. The molecule has 9 heteroatoms. The van der Waals surface area contributed by atoms with E-state index in [1.807, 2.05) is 55.1 Å². The summed E-state index contributed by atoms with van der Waals surface area (Å²) in [5.41, 5.74) is 9.46. The van der Waals surface area contributed by atoms with Gasteiger partial charge < -0.3 is 24.4 Å². The van der Waals surface area contributed by atoms with Crippen molar-refractivity contribution in [2.45, 2.75) is 6.92 Å². The van der Waals surface area contributed by atoms with Crippen LogP contribution < -0.4 is 10.5 Å². The number of carbonyl (C=O) groups is 1. The average Bonchev–Trinajstić information content (AvgIpc) is 3.36. The van der Waals surface area contributed by atoms with Crippen LogP contribution in [0.4, 0.5) is 0 Å². The third-order valence-corrected chi connectivity index (χ3v) is 4.88. The van der Waals surface area contributed by atoms with Crippen LogP contribution in [0, 0.1) is 6.92 Å². The minimum absolute atomic E-state index is 0.0384. The Labute approximate surface area is 178 Å². The number of nitrogens with zero attached hydrogens (tertiary/aromatic N) is 5. The number of aryl methyl sites for hydroxylation is 2. The third kappa shape index (κ3) is 3.97. The van der Waals surface area contributed by atoms with E-state index in [2.05, 4.69) is 15.1 Å². The second-order valence-corrected chi connectivity index (χ2v) is 6.97. The number of hydrogen-bond acceptors (Lipinski definition) is 6. The molecule has 0 fully saturated rings. The van der Waals surface area contributed by atoms with E-state index in [0.717, 1.165) is 16.6 Å². The Morgan fingerprint density at radius 1 is 1.23 bits per heavy atom. The van der Waals surface area contributed by atoms with Gasteiger partial charge in [0.15, 0.2) is 12.4 Å². The van der Waals surface area contributed by atoms with Crippen molar-refractivity contribution in [2.75, 3.05) is 13.7 Å². The molecule has 158 valence electrons. The number of nitrogens with two attached hydrogens (primary N) is 1. The molecule has 0 amide bonds. The molecule has 3 aromatic heterocycles. The molecule has 0 saturated heterocycles. The van der Waals surface area contributed by atoms with Crippen molar-refractivity contribution in [3.8, 4) is 11.6 Å². The maximum absolute atomic E-state index is 12.6. The average molecular weight is 418 g/mol. The first kappa shape index (κ1) is 20.1. The minimum atomic E-state index is -0.242. The Hall–Kier alpha value is -4.14. The lowest BCUT2D eigenvalue weighted by molar-refractivity contribution is 0.0768. The molecule has 4 aromatic rings. The Balaban J connectivity index is 1.48. The molecule has 0 bridgehead atoms. The number of para-hydroxylation sites is 1. The monoisotopic (exact) mass is 418 g/mol. The number of rotatable bonds is 7. The van der Waals surface area contributed by atoms with E-state index < -0.39 is 0 Å². The lowest BCUT2D eigenvalue weighted by Crippen LogP contribution is -2.18. The van der Waals surface area contributed by atoms with Gasteiger partial charge in [-0.15, -0.1) is 0 Å². The van der Waals surface area contributed by atoms with Crippen LogP contribution >= 0.6 is 0 Å². The summed E-state index contributed by atoms with van der Waals surface area (Å²) in [6.45, 7) is 1.65. The van der Waals surface area contributed by atoms with Gasteiger partial charge in [-0.1, -0.05) is 23.4 Å². The summed E-state index contributed by atoms with van der Waals surface area (Å²) in [6.07, 6.45) is 3.53. The molecule has 3 heterocycles. The van der Waals surface area contributed by atoms with Crippen molar-refractivity contribution in [3.05, 3.63) is 72.1 Å². The Morgan fingerprint density at radius 2 is 2.03 bits per heavy atom. The molecule has 1 aromatic carbocycles. The molecule has 0 aliphatic rings. The number of pyridine rings is 1. The zero-order valence-corrected chi connectivity index (χ0v) is 17.4. The van der Waals surface area contributed by atoms with Crippen LogP contribution in [0.15, 0.2) is 60.1 Å². The maximum atomic E-state index is 12.6. The standard InChI is InChI=1S/C22H22N6O3/c1-14-11-28(13-24-14)18-9-8-16(25-22(18)30-3)21(23)26-31-12-20(29)19-10-15-6-4-5-7-17(15)27(19)2/h4-11,13H,12H2,1-3H3,(H2,23,26). The summed E-state index contributed by atoms with van der Waals surface area (Å²) in [5.74, 6) is 0.197. The van der Waals surface area contributed by atoms with E-state index in [9.17, 15) is 4.79 Å². The summed E-state index contributed by atoms with van der Waals surface area (Å²) >= 11 is 0. The fourth-order valence-corrected chi connectivity index (χ4v) is 3.31. The predicted octanol–water partition coefficient (Wildman–Crippen LogP) is 2.60. The van der Waals surface area contributed by atoms with E-state index in [1.165, 1.54) is 7.11 Å². The number of imidazole rings is 1. The van der Waals surface area contributed by atoms with Crippen molar-refractivity contribution >= 4 is 22.5 Å². The molecule has 0 radical (unpaired) electrons. The van der Waals surface area contributed by atoms with Crippen molar-refractivity contribution in [2.24, 2.45) is 17.9 Å². The number of ether oxygens (including phenoxy) is 1. The molecule has 2 N–H and O–H groups in total. The van der Waals surface area contributed by atoms with Gasteiger partial charge in [-0.05, 0) is 31.2 Å². The lowest BCUT2D eigenvalue weighted by atomic mass is 10.2. The number of ketones is 1. The zero-order valence-electron chi connectivity index (χ0n) is 17.4. The van der Waals surface area contributed by atoms with Crippen molar-refractivity contribution in [1.29, 1.82) is 0 Å². The molecule has 0 aliphatic carbocycles. The van der Waals surface area contributed by atoms with Crippen LogP contribution in [0.25, 0.3) is 16.6 Å². The van der Waals surface area contributed by atoms with Crippen molar-refractivity contribution < 1.29 is 14.4 Å². The van der Waals surface area contributed by atoms with Gasteiger partial charge in [0.2, 0.25) is 11.7 Å². The lowest BCUT2D eigenvalue weighted by Gasteiger charge is -2.09. The normalized spacial score (nSPS) is 11.6. The highest BCUT2D eigenvalue weighted by molar-refractivity contribution is 6.01. The molecule has 4 rings (SSSR count). The largest absolute Gasteiger partial charge is 0.479 e. The number of fused-ring (bicyclic) bond motifs is 1. The molecule has 0 spiro atoms. The summed E-state index contributed by atoms with van der Waals surface area (Å²) in [5, 5.41) is 4.84. The Kier molecular flexibility index (Phi) is 5.40. The zero-order chi connectivity index (χ0) is 22.0. The molecule has 9 nitrogen and oxygen atoms in total. The number of Topliss-reactive ketones (excluding diaryl/α,β-unsaturated/α-hetero) is 1. The first-order chi connectivity index (χ1) is 15.0. The molecule has 0 unspecified atom stereocenters. The summed E-state index contributed by atoms with van der Waals surface area (Å²) < 4.78 is 9.01. The molecule has 31 heavy (non-hydrogen) atoms. The topological polar surface area (TPSA) is 110 Å². The highest BCUT2D eigenvalue weighted by atomic mass is 16.6. The van der Waals surface area contributed by atoms with Gasteiger partial charge in [-0.3, -0.25) is 4.79 Å². The van der Waals surface area contributed by atoms with Crippen LogP contribution in [0.1, 0.15) is 21.9 Å². The maximum Gasteiger partial charge on any atom is 0.238 e. The van der Waals surface area contributed by atoms with E-state index in [1.54, 1.807) is 23.0 Å². The SMILES string of the molecule is COc1nc(/C(N)=N/OCC(=O)c2cc3ccccc3n2C)ccc1-n1cnc(C)c1. The number of carbonyl (C=O) groups excluding carboxylic acids is 1. The summed E-state index contributed by atoms with van der Waals surface area (Å²) in [4.78, 5) is 26.4. The van der Waals surface area contributed by atoms with Crippen LogP contribution in [0.3, 0.4) is 0 Å². The molecular weight excluding hydrogens is 396 g/mol. The van der Waals surface area contributed by atoms with Gasteiger partial charge in [0.25, 0.3) is 0 Å². The number of hydrogen-bond donors (Lipinski definition) is 1. The molecular formula is C22H22N6O3. The van der Waals surface area contributed by atoms with Crippen molar-refractivity contribution in [3.63, 3.8) is 0 Å². The molecule has 0 atom stereocenters. The van der Waals surface area contributed by atoms with Gasteiger partial charge >= 0.3 is 0 Å². The van der Waals surface area contributed by atoms with Gasteiger partial charge in [-0.2, -0.15) is 0 Å². The smallest absolute Gasteiger partial charge is 0.238 e. The number of oxime groups is 1. The second-order valence-electron chi connectivity index (χ2n) is 6.97. The summed E-state index contributed by atoms with van der Waals surface area (Å²) in [6, 6.07) is 13.1. The number of aromatic nitrogens is 4. The third-order valence-electron chi connectivity index (χ3n) is 4.88. The van der Waals surface area contributed by atoms with E-state index >= 15 is 0 Å². The van der Waals surface area contributed by atoms with Gasteiger partial charge in [0.1, 0.15) is 11.4 Å². The van der Waals surface area contributed by atoms with Crippen LogP contribution in [-0.4, -0.2) is 44.4 Å². The number of methoxy groups -OCH3 is 1. The highest BCUT2D eigenvalue weighted by Gasteiger charge is 2.15. The quantitative estimate of drug-likeness (QED) is 0.214. The van der Waals surface area contributed by atoms with E-state index in [0.29, 0.717) is 23.0 Å². The van der Waals surface area contributed by atoms with Crippen LogP contribution in [0.2, 0.25) is 0 Å². The van der Waals surface area contributed by atoms with Gasteiger partial charge in [0.05, 0.1) is 24.8 Å². The first-order valence-electron chi connectivity index (χ1n) is 9.57. The number of benzene rings is 1. The fourth-order valence-electron chi connectivity index (χ4n) is 3.31. The van der Waals surface area contributed by atoms with Crippen molar-refractivity contribution in [1.82, 2.24) is 19.1 Å².